The predicted octanol–water partition coefficient (Wildman–Crippen LogP) is 2.00. The number of thioether (sulfide) groups is 1. The zero-order valence-corrected chi connectivity index (χ0v) is 13.8. The number of carbonyl (C=O) groups excluding carboxylic acids is 2. The van der Waals surface area contributed by atoms with Gasteiger partial charge in [-0.1, -0.05) is 42.1 Å². The number of ether oxygens (including phenoxy) is 1. The van der Waals surface area contributed by atoms with E-state index in [0.29, 0.717) is 11.7 Å². The molecule has 0 aliphatic carbocycles. The van der Waals surface area contributed by atoms with Crippen LogP contribution in [0.2, 0.25) is 0 Å². The van der Waals surface area contributed by atoms with E-state index < -0.39 is 12.0 Å². The zero-order valence-electron chi connectivity index (χ0n) is 13.0. The maximum absolute atomic E-state index is 11.7. The number of amides is 2. The summed E-state index contributed by atoms with van der Waals surface area (Å²) in [5.74, 6) is 0.397. The summed E-state index contributed by atoms with van der Waals surface area (Å²) in [5.41, 5.74) is 1.12. The molecule has 23 heavy (non-hydrogen) atoms. The first-order valence-corrected chi connectivity index (χ1v) is 8.11. The molecule has 1 heterocycles. The Kier molecular flexibility index (Phi) is 6.16. The molecule has 0 atom stereocenters. The van der Waals surface area contributed by atoms with E-state index in [9.17, 15) is 9.59 Å². The summed E-state index contributed by atoms with van der Waals surface area (Å²) in [6, 6.07) is 9.92. The van der Waals surface area contributed by atoms with Crippen LogP contribution >= 0.6 is 11.8 Å². The second-order valence-electron chi connectivity index (χ2n) is 4.66. The van der Waals surface area contributed by atoms with E-state index in [1.54, 1.807) is 6.92 Å². The molecule has 0 radical (unpaired) electrons. The summed E-state index contributed by atoms with van der Waals surface area (Å²) in [4.78, 5) is 22.9. The van der Waals surface area contributed by atoms with E-state index in [-0.39, 0.29) is 12.4 Å². The van der Waals surface area contributed by atoms with Gasteiger partial charge in [-0.05, 0) is 19.4 Å². The summed E-state index contributed by atoms with van der Waals surface area (Å²) in [6.07, 6.45) is -0.736. The highest BCUT2D eigenvalue weighted by molar-refractivity contribution is 7.99. The van der Waals surface area contributed by atoms with Crippen LogP contribution in [0.15, 0.2) is 35.5 Å². The Hall–Kier alpha value is -2.35. The highest BCUT2D eigenvalue weighted by Crippen LogP contribution is 2.18. The third-order valence-corrected chi connectivity index (χ3v) is 3.90. The summed E-state index contributed by atoms with van der Waals surface area (Å²) < 4.78 is 6.59. The molecule has 2 rings (SSSR count). The van der Waals surface area contributed by atoms with Crippen LogP contribution in [0.5, 0.6) is 0 Å². The Morgan fingerprint density at radius 1 is 1.26 bits per heavy atom. The SMILES string of the molecule is CCOC(=O)NC(=O)CSc1nnc(C)n1Cc1ccccc1. The number of alkyl carbamates (subject to hydrolysis) is 1. The van der Waals surface area contributed by atoms with Crippen LogP contribution in [0.25, 0.3) is 0 Å². The van der Waals surface area contributed by atoms with Crippen molar-refractivity contribution in [1.82, 2.24) is 20.1 Å². The lowest BCUT2D eigenvalue weighted by Crippen LogP contribution is -2.32. The number of aromatic nitrogens is 3. The molecular formula is C15H18N4O3S. The molecule has 0 spiro atoms. The number of rotatable bonds is 6. The lowest BCUT2D eigenvalue weighted by atomic mass is 10.2. The quantitative estimate of drug-likeness (QED) is 0.813. The van der Waals surface area contributed by atoms with Crippen LogP contribution in [0, 0.1) is 6.92 Å². The predicted molar refractivity (Wildman–Crippen MR) is 86.2 cm³/mol. The van der Waals surface area contributed by atoms with Crippen molar-refractivity contribution in [2.45, 2.75) is 25.5 Å². The number of nitrogens with one attached hydrogen (secondary N) is 1. The van der Waals surface area contributed by atoms with Crippen molar-refractivity contribution in [3.8, 4) is 0 Å². The minimum atomic E-state index is -0.736. The van der Waals surface area contributed by atoms with E-state index >= 15 is 0 Å². The monoisotopic (exact) mass is 334 g/mol. The van der Waals surface area contributed by atoms with E-state index in [1.807, 2.05) is 41.8 Å². The Morgan fingerprint density at radius 3 is 2.70 bits per heavy atom. The minimum absolute atomic E-state index is 0.0612. The van der Waals surface area contributed by atoms with Gasteiger partial charge in [-0.2, -0.15) is 0 Å². The molecule has 0 fully saturated rings. The van der Waals surface area contributed by atoms with Gasteiger partial charge in [-0.25, -0.2) is 4.79 Å². The molecule has 0 aliphatic heterocycles. The smallest absolute Gasteiger partial charge is 0.413 e. The molecule has 1 N–H and O–H groups in total. The first kappa shape index (κ1) is 17.0. The summed E-state index contributed by atoms with van der Waals surface area (Å²) in [6.45, 7) is 4.38. The number of benzene rings is 1. The lowest BCUT2D eigenvalue weighted by Gasteiger charge is -2.08. The van der Waals surface area contributed by atoms with E-state index in [0.717, 1.165) is 11.4 Å². The molecule has 0 saturated heterocycles. The fourth-order valence-electron chi connectivity index (χ4n) is 1.86. The number of hydrogen-bond acceptors (Lipinski definition) is 6. The molecule has 0 saturated carbocycles. The van der Waals surface area contributed by atoms with Gasteiger partial charge in [-0.15, -0.1) is 10.2 Å². The third-order valence-electron chi connectivity index (χ3n) is 2.93. The van der Waals surface area contributed by atoms with Gasteiger partial charge in [0.15, 0.2) is 5.16 Å². The average molecular weight is 334 g/mol. The number of nitrogens with zero attached hydrogens (tertiary/aromatic N) is 3. The van der Waals surface area contributed by atoms with Gasteiger partial charge >= 0.3 is 6.09 Å². The number of carbonyl (C=O) groups is 2. The van der Waals surface area contributed by atoms with Crippen molar-refractivity contribution in [2.75, 3.05) is 12.4 Å². The summed E-state index contributed by atoms with van der Waals surface area (Å²) in [5, 5.41) is 10.9. The molecular weight excluding hydrogens is 316 g/mol. The molecule has 2 amide bonds. The van der Waals surface area contributed by atoms with Crippen LogP contribution in [0.1, 0.15) is 18.3 Å². The van der Waals surface area contributed by atoms with Gasteiger partial charge in [0.2, 0.25) is 5.91 Å². The normalized spacial score (nSPS) is 10.3. The molecule has 8 heteroatoms. The molecule has 1 aromatic carbocycles. The fourth-order valence-corrected chi connectivity index (χ4v) is 2.65. The molecule has 2 aromatic rings. The van der Waals surface area contributed by atoms with Gasteiger partial charge in [0.05, 0.1) is 18.9 Å². The van der Waals surface area contributed by atoms with Gasteiger partial charge in [0.25, 0.3) is 0 Å². The molecule has 1 aromatic heterocycles. The second-order valence-corrected chi connectivity index (χ2v) is 5.60. The molecule has 122 valence electrons. The second kappa shape index (κ2) is 8.33. The highest BCUT2D eigenvalue weighted by Gasteiger charge is 2.14. The van der Waals surface area contributed by atoms with Crippen LogP contribution in [0.3, 0.4) is 0 Å². The Morgan fingerprint density at radius 2 is 2.00 bits per heavy atom. The molecule has 7 nitrogen and oxygen atoms in total. The van der Waals surface area contributed by atoms with Crippen LogP contribution in [0.4, 0.5) is 4.79 Å². The van der Waals surface area contributed by atoms with E-state index in [2.05, 4.69) is 20.3 Å². The summed E-state index contributed by atoms with van der Waals surface area (Å²) in [7, 11) is 0. The molecule has 0 unspecified atom stereocenters. The Bertz CT molecular complexity index is 673. The standard InChI is InChI=1S/C15H18N4O3S/c1-3-22-15(21)16-13(20)10-23-14-18-17-11(2)19(14)9-12-7-5-4-6-8-12/h4-8H,3,9-10H2,1-2H3,(H,16,20,21). The van der Waals surface area contributed by atoms with E-state index in [1.165, 1.54) is 11.8 Å². The van der Waals surface area contributed by atoms with Crippen molar-refractivity contribution in [1.29, 1.82) is 0 Å². The largest absolute Gasteiger partial charge is 0.450 e. The van der Waals surface area contributed by atoms with Crippen molar-refractivity contribution in [3.63, 3.8) is 0 Å². The van der Waals surface area contributed by atoms with Crippen molar-refractivity contribution in [2.24, 2.45) is 0 Å². The van der Waals surface area contributed by atoms with Gasteiger partial charge < -0.3 is 9.30 Å². The number of hydrogen-bond donors (Lipinski definition) is 1. The van der Waals surface area contributed by atoms with Gasteiger partial charge in [0, 0.05) is 0 Å². The van der Waals surface area contributed by atoms with Crippen molar-refractivity contribution in [3.05, 3.63) is 41.7 Å². The van der Waals surface area contributed by atoms with Crippen molar-refractivity contribution < 1.29 is 14.3 Å². The van der Waals surface area contributed by atoms with Crippen LogP contribution < -0.4 is 5.32 Å². The lowest BCUT2D eigenvalue weighted by molar-refractivity contribution is -0.117. The summed E-state index contributed by atoms with van der Waals surface area (Å²) >= 11 is 1.22. The van der Waals surface area contributed by atoms with Gasteiger partial charge in [0.1, 0.15) is 5.82 Å². The fraction of sp³-hybridized carbons (Fsp3) is 0.333. The third kappa shape index (κ3) is 5.10. The first-order valence-electron chi connectivity index (χ1n) is 7.13. The first-order chi connectivity index (χ1) is 11.1. The maximum atomic E-state index is 11.7. The van der Waals surface area contributed by atoms with Crippen molar-refractivity contribution >= 4 is 23.8 Å². The highest BCUT2D eigenvalue weighted by atomic mass is 32.2. The zero-order chi connectivity index (χ0) is 16.7. The van der Waals surface area contributed by atoms with Crippen LogP contribution in [-0.2, 0) is 16.1 Å². The number of imide groups is 1. The van der Waals surface area contributed by atoms with Gasteiger partial charge in [-0.3, -0.25) is 10.1 Å². The Balaban J connectivity index is 1.96. The van der Waals surface area contributed by atoms with Crippen LogP contribution in [-0.4, -0.2) is 39.1 Å². The average Bonchev–Trinajstić information content (AvgIpc) is 2.87. The molecule has 0 aliphatic rings. The van der Waals surface area contributed by atoms with E-state index in [4.69, 9.17) is 0 Å². The number of aryl methyl sites for hydroxylation is 1. The minimum Gasteiger partial charge on any atom is -0.450 e. The molecule has 0 bridgehead atoms. The maximum Gasteiger partial charge on any atom is 0.413 e. The Labute approximate surface area is 138 Å². The topological polar surface area (TPSA) is 86.1 Å².